The van der Waals surface area contributed by atoms with E-state index >= 15 is 0 Å². The van der Waals surface area contributed by atoms with Crippen LogP contribution < -0.4 is 4.74 Å². The van der Waals surface area contributed by atoms with Gasteiger partial charge < -0.3 is 14.2 Å². The number of pyridine rings is 1. The van der Waals surface area contributed by atoms with Crippen molar-refractivity contribution in [2.45, 2.75) is 25.3 Å². The molecule has 0 saturated carbocycles. The molecular formula is C19H23FN4O3. The molecule has 0 aliphatic carbocycles. The first-order valence-electron chi connectivity index (χ1n) is 9.14. The quantitative estimate of drug-likeness (QED) is 0.817. The first kappa shape index (κ1) is 17.9. The second-order valence-corrected chi connectivity index (χ2v) is 7.59. The first-order chi connectivity index (χ1) is 13.0. The second-order valence-electron chi connectivity index (χ2n) is 7.59. The van der Waals surface area contributed by atoms with E-state index in [4.69, 9.17) is 9.26 Å². The van der Waals surface area contributed by atoms with E-state index in [0.717, 1.165) is 19.4 Å². The zero-order valence-corrected chi connectivity index (χ0v) is 15.5. The average Bonchev–Trinajstić information content (AvgIpc) is 3.06. The summed E-state index contributed by atoms with van der Waals surface area (Å²) in [5.74, 6) is 0.442. The lowest BCUT2D eigenvalue weighted by Gasteiger charge is -2.58. The second kappa shape index (κ2) is 6.92. The van der Waals surface area contributed by atoms with Crippen LogP contribution in [0.4, 0.5) is 4.39 Å². The molecule has 1 atom stereocenters. The van der Waals surface area contributed by atoms with Crippen molar-refractivity contribution in [2.24, 2.45) is 5.92 Å². The molecule has 4 rings (SSSR count). The Balaban J connectivity index is 1.36. The van der Waals surface area contributed by atoms with Crippen LogP contribution in [0.15, 0.2) is 28.9 Å². The smallest absolute Gasteiger partial charge is 0.276 e. The molecule has 0 unspecified atom stereocenters. The SMILES string of the molecule is Cc1cc(C(=O)N2CC3(C[C@H](COc4ncccc4F)CCN3C)C2)no1. The molecule has 2 aromatic rings. The maximum Gasteiger partial charge on any atom is 0.276 e. The standard InChI is InChI=1S/C19H23FN4O3/c1-13-8-16(22-27-13)18(25)24-11-19(12-24)9-14(5-7-23(19)2)10-26-17-15(20)4-3-6-21-17/h3-4,6,8,14H,5,7,9-12H2,1-2H3/t14-/m1/s1. The van der Waals surface area contributed by atoms with Crippen molar-refractivity contribution >= 4 is 5.91 Å². The topological polar surface area (TPSA) is 71.7 Å². The highest BCUT2D eigenvalue weighted by Gasteiger charge is 2.51. The van der Waals surface area contributed by atoms with E-state index in [2.05, 4.69) is 22.1 Å². The number of hydrogen-bond donors (Lipinski definition) is 0. The highest BCUT2D eigenvalue weighted by molar-refractivity contribution is 5.93. The van der Waals surface area contributed by atoms with E-state index in [1.807, 2.05) is 0 Å². The zero-order valence-electron chi connectivity index (χ0n) is 15.5. The van der Waals surface area contributed by atoms with Crippen molar-refractivity contribution in [3.05, 3.63) is 41.7 Å². The van der Waals surface area contributed by atoms with Crippen LogP contribution in [0, 0.1) is 18.7 Å². The molecule has 27 heavy (non-hydrogen) atoms. The minimum Gasteiger partial charge on any atom is -0.475 e. The van der Waals surface area contributed by atoms with E-state index in [1.165, 1.54) is 12.3 Å². The molecule has 0 N–H and O–H groups in total. The van der Waals surface area contributed by atoms with Gasteiger partial charge in [0.2, 0.25) is 5.88 Å². The summed E-state index contributed by atoms with van der Waals surface area (Å²) in [6, 6.07) is 4.55. The number of carbonyl (C=O) groups excluding carboxylic acids is 1. The number of likely N-dealkylation sites (N-methyl/N-ethyl adjacent to an activating group) is 1. The Morgan fingerprint density at radius 2 is 2.30 bits per heavy atom. The predicted molar refractivity (Wildman–Crippen MR) is 94.9 cm³/mol. The summed E-state index contributed by atoms with van der Waals surface area (Å²) in [6.45, 7) is 4.43. The molecule has 2 aromatic heterocycles. The predicted octanol–water partition coefficient (Wildman–Crippen LogP) is 2.13. The van der Waals surface area contributed by atoms with E-state index in [0.29, 0.717) is 37.1 Å². The van der Waals surface area contributed by atoms with Crippen LogP contribution in [-0.4, -0.2) is 64.7 Å². The van der Waals surface area contributed by atoms with Crippen molar-refractivity contribution in [1.29, 1.82) is 0 Å². The fraction of sp³-hybridized carbons (Fsp3) is 0.526. The minimum absolute atomic E-state index is 0.0522. The van der Waals surface area contributed by atoms with Crippen molar-refractivity contribution in [2.75, 3.05) is 33.3 Å². The van der Waals surface area contributed by atoms with Crippen LogP contribution in [0.5, 0.6) is 5.88 Å². The molecule has 2 aliphatic rings. The maximum absolute atomic E-state index is 13.7. The Kier molecular flexibility index (Phi) is 4.59. The summed E-state index contributed by atoms with van der Waals surface area (Å²) in [7, 11) is 2.09. The molecule has 7 nitrogen and oxygen atoms in total. The fourth-order valence-electron chi connectivity index (χ4n) is 4.03. The van der Waals surface area contributed by atoms with Crippen LogP contribution in [-0.2, 0) is 0 Å². The van der Waals surface area contributed by atoms with Crippen molar-refractivity contribution in [3.8, 4) is 5.88 Å². The summed E-state index contributed by atoms with van der Waals surface area (Å²) in [4.78, 5) is 20.6. The molecule has 0 bridgehead atoms. The van der Waals surface area contributed by atoms with Gasteiger partial charge >= 0.3 is 0 Å². The van der Waals surface area contributed by atoms with Gasteiger partial charge in [-0.3, -0.25) is 9.69 Å². The number of halogens is 1. The number of hydrogen-bond acceptors (Lipinski definition) is 6. The van der Waals surface area contributed by atoms with Gasteiger partial charge in [-0.05, 0) is 51.4 Å². The minimum atomic E-state index is -0.441. The van der Waals surface area contributed by atoms with E-state index in [9.17, 15) is 9.18 Å². The van der Waals surface area contributed by atoms with Gasteiger partial charge in [0.25, 0.3) is 5.91 Å². The van der Waals surface area contributed by atoms with Crippen LogP contribution in [0.2, 0.25) is 0 Å². The molecule has 1 amide bonds. The van der Waals surface area contributed by atoms with Crippen molar-refractivity contribution in [3.63, 3.8) is 0 Å². The molecule has 4 heterocycles. The van der Waals surface area contributed by atoms with Gasteiger partial charge in [0.05, 0.1) is 12.1 Å². The van der Waals surface area contributed by atoms with Crippen LogP contribution in [0.25, 0.3) is 0 Å². The molecule has 2 saturated heterocycles. The highest BCUT2D eigenvalue weighted by Crippen LogP contribution is 2.39. The molecule has 2 aliphatic heterocycles. The molecule has 0 radical (unpaired) electrons. The van der Waals surface area contributed by atoms with E-state index in [-0.39, 0.29) is 17.3 Å². The molecule has 8 heteroatoms. The number of likely N-dealkylation sites (tertiary alicyclic amines) is 2. The number of amides is 1. The third kappa shape index (κ3) is 3.41. The highest BCUT2D eigenvalue weighted by atomic mass is 19.1. The van der Waals surface area contributed by atoms with Gasteiger partial charge in [0.15, 0.2) is 11.5 Å². The van der Waals surface area contributed by atoms with Gasteiger partial charge in [-0.25, -0.2) is 9.37 Å². The normalized spacial score (nSPS) is 21.9. The molecular weight excluding hydrogens is 351 g/mol. The molecule has 0 aromatic carbocycles. The average molecular weight is 374 g/mol. The van der Waals surface area contributed by atoms with Gasteiger partial charge in [-0.1, -0.05) is 5.16 Å². The van der Waals surface area contributed by atoms with Crippen molar-refractivity contribution < 1.29 is 18.4 Å². The zero-order chi connectivity index (χ0) is 19.0. The van der Waals surface area contributed by atoms with Crippen LogP contribution in [0.3, 0.4) is 0 Å². The summed E-state index contributed by atoms with van der Waals surface area (Å²) in [5.41, 5.74) is 0.301. The van der Waals surface area contributed by atoms with E-state index in [1.54, 1.807) is 24.0 Å². The lowest BCUT2D eigenvalue weighted by Crippen LogP contribution is -2.72. The Morgan fingerprint density at radius 1 is 1.48 bits per heavy atom. The fourth-order valence-corrected chi connectivity index (χ4v) is 4.03. The Bertz CT molecular complexity index is 834. The summed E-state index contributed by atoms with van der Waals surface area (Å²) >= 11 is 0. The third-order valence-corrected chi connectivity index (χ3v) is 5.64. The van der Waals surface area contributed by atoms with Gasteiger partial charge in [-0.15, -0.1) is 0 Å². The summed E-state index contributed by atoms with van der Waals surface area (Å²) < 4.78 is 24.3. The number of aryl methyl sites for hydroxylation is 1. The third-order valence-electron chi connectivity index (χ3n) is 5.64. The Labute approximate surface area is 157 Å². The van der Waals surface area contributed by atoms with E-state index < -0.39 is 5.82 Å². The lowest BCUT2D eigenvalue weighted by molar-refractivity contribution is -0.0699. The molecule has 2 fully saturated rings. The number of ether oxygens (including phenoxy) is 1. The van der Waals surface area contributed by atoms with Gasteiger partial charge in [-0.2, -0.15) is 0 Å². The number of nitrogens with zero attached hydrogens (tertiary/aromatic N) is 4. The number of carbonyl (C=O) groups is 1. The summed E-state index contributed by atoms with van der Waals surface area (Å²) in [5, 5.41) is 3.82. The molecule has 144 valence electrons. The Morgan fingerprint density at radius 3 is 3.00 bits per heavy atom. The van der Waals surface area contributed by atoms with Crippen molar-refractivity contribution in [1.82, 2.24) is 19.9 Å². The lowest BCUT2D eigenvalue weighted by atomic mass is 9.75. The largest absolute Gasteiger partial charge is 0.475 e. The monoisotopic (exact) mass is 374 g/mol. The van der Waals surface area contributed by atoms with Gasteiger partial charge in [0, 0.05) is 25.4 Å². The maximum atomic E-state index is 13.7. The first-order valence-corrected chi connectivity index (χ1v) is 9.14. The Hall–Kier alpha value is -2.48. The number of aromatic nitrogens is 2. The molecule has 1 spiro atoms. The number of rotatable bonds is 4. The van der Waals surface area contributed by atoms with Crippen LogP contribution in [0.1, 0.15) is 29.1 Å². The number of piperidine rings is 1. The summed E-state index contributed by atoms with van der Waals surface area (Å²) in [6.07, 6.45) is 3.40. The van der Waals surface area contributed by atoms with Crippen LogP contribution >= 0.6 is 0 Å². The van der Waals surface area contributed by atoms with Gasteiger partial charge in [0.1, 0.15) is 5.76 Å².